The molecular weight excluding hydrogens is 432 g/mol. The minimum absolute atomic E-state index is 0.0616. The topological polar surface area (TPSA) is 43.3 Å². The minimum atomic E-state index is 0.0616. The number of carbonyl (C=O) groups is 1. The van der Waals surface area contributed by atoms with Crippen molar-refractivity contribution in [1.82, 2.24) is 9.88 Å². The zero-order chi connectivity index (χ0) is 24.8. The van der Waals surface area contributed by atoms with Crippen molar-refractivity contribution in [2.24, 2.45) is 5.92 Å². The number of amides is 1. The number of hydrogen-bond donors (Lipinski definition) is 1. The summed E-state index contributed by atoms with van der Waals surface area (Å²) in [5, 5.41) is 4.35. The summed E-state index contributed by atoms with van der Waals surface area (Å²) in [6.45, 7) is 7.95. The smallest absolute Gasteiger partial charge is 0.220 e. The lowest BCUT2D eigenvalue weighted by molar-refractivity contribution is -0.121. The van der Waals surface area contributed by atoms with Crippen molar-refractivity contribution >= 4 is 16.8 Å². The van der Waals surface area contributed by atoms with Gasteiger partial charge >= 0.3 is 0 Å². The molecule has 1 heterocycles. The van der Waals surface area contributed by atoms with Crippen LogP contribution in [0.1, 0.15) is 55.7 Å². The number of nitrogens with one attached hydrogen (secondary N) is 1. The molecule has 4 heteroatoms. The highest BCUT2D eigenvalue weighted by Crippen LogP contribution is 2.40. The third kappa shape index (κ3) is 5.94. The molecule has 3 aromatic carbocycles. The Morgan fingerprint density at radius 2 is 1.60 bits per heavy atom. The third-order valence-electron chi connectivity index (χ3n) is 6.77. The third-order valence-corrected chi connectivity index (χ3v) is 6.77. The predicted molar refractivity (Wildman–Crippen MR) is 144 cm³/mol. The summed E-state index contributed by atoms with van der Waals surface area (Å²) >= 11 is 0. The molecule has 2 atom stereocenters. The lowest BCUT2D eigenvalue weighted by Gasteiger charge is -2.24. The Morgan fingerprint density at radius 3 is 2.29 bits per heavy atom. The highest BCUT2D eigenvalue weighted by molar-refractivity contribution is 5.86. The molecule has 0 saturated carbocycles. The second-order valence-electron chi connectivity index (χ2n) is 9.79. The zero-order valence-corrected chi connectivity index (χ0v) is 21.2. The van der Waals surface area contributed by atoms with Gasteiger partial charge in [-0.2, -0.15) is 0 Å². The summed E-state index contributed by atoms with van der Waals surface area (Å²) in [7, 11) is 1.69. The average Bonchev–Trinajstić information content (AvgIpc) is 3.24. The van der Waals surface area contributed by atoms with Crippen LogP contribution in [-0.4, -0.2) is 24.1 Å². The van der Waals surface area contributed by atoms with Gasteiger partial charge in [-0.25, -0.2) is 0 Å². The second-order valence-corrected chi connectivity index (χ2v) is 9.79. The van der Waals surface area contributed by atoms with Gasteiger partial charge < -0.3 is 14.6 Å². The molecule has 0 spiro atoms. The largest absolute Gasteiger partial charge is 0.497 e. The van der Waals surface area contributed by atoms with Crippen LogP contribution >= 0.6 is 0 Å². The molecule has 0 aliphatic heterocycles. The molecule has 0 fully saturated rings. The van der Waals surface area contributed by atoms with E-state index in [0.717, 1.165) is 12.3 Å². The standard InChI is InChI=1S/C31H36N2O2/c1-22(2)19-32-31(34)18-28(23(3)25-10-6-5-7-11-25)29-21-33(30-13-9-8-12-27(29)30)20-24-14-16-26(35-4)17-15-24/h5-17,21-23,28H,18-20H2,1-4H3,(H,32,34)/t23-,28+/m1/s1. The predicted octanol–water partition coefficient (Wildman–Crippen LogP) is 6.75. The van der Waals surface area contributed by atoms with E-state index in [1.165, 1.54) is 27.6 Å². The Balaban J connectivity index is 1.72. The molecule has 0 saturated heterocycles. The summed E-state index contributed by atoms with van der Waals surface area (Å²) in [6, 6.07) is 27.3. The molecule has 182 valence electrons. The molecular formula is C31H36N2O2. The molecule has 1 amide bonds. The fourth-order valence-electron chi connectivity index (χ4n) is 4.76. The van der Waals surface area contributed by atoms with Crippen molar-refractivity contribution in [2.75, 3.05) is 13.7 Å². The quantitative estimate of drug-likeness (QED) is 0.280. The molecule has 1 aromatic heterocycles. The first-order valence-electron chi connectivity index (χ1n) is 12.5. The van der Waals surface area contributed by atoms with E-state index in [9.17, 15) is 4.79 Å². The van der Waals surface area contributed by atoms with Crippen LogP contribution in [0.25, 0.3) is 10.9 Å². The first kappa shape index (κ1) is 24.6. The number of nitrogens with zero attached hydrogens (tertiary/aromatic N) is 1. The monoisotopic (exact) mass is 468 g/mol. The van der Waals surface area contributed by atoms with Crippen LogP contribution in [-0.2, 0) is 11.3 Å². The van der Waals surface area contributed by atoms with Crippen molar-refractivity contribution in [3.8, 4) is 5.75 Å². The molecule has 0 unspecified atom stereocenters. The number of rotatable bonds is 10. The number of para-hydroxylation sites is 1. The van der Waals surface area contributed by atoms with E-state index in [-0.39, 0.29) is 17.7 Å². The molecule has 4 nitrogen and oxygen atoms in total. The fourth-order valence-corrected chi connectivity index (χ4v) is 4.76. The van der Waals surface area contributed by atoms with Gasteiger partial charge in [0.25, 0.3) is 0 Å². The van der Waals surface area contributed by atoms with Gasteiger partial charge in [0.15, 0.2) is 0 Å². The lowest BCUT2D eigenvalue weighted by Crippen LogP contribution is -2.29. The number of benzene rings is 3. The maximum Gasteiger partial charge on any atom is 0.220 e. The van der Waals surface area contributed by atoms with Gasteiger partial charge in [0.1, 0.15) is 5.75 Å². The summed E-state index contributed by atoms with van der Waals surface area (Å²) in [6.07, 6.45) is 2.72. The van der Waals surface area contributed by atoms with Crippen LogP contribution in [0.3, 0.4) is 0 Å². The van der Waals surface area contributed by atoms with E-state index in [4.69, 9.17) is 4.74 Å². The minimum Gasteiger partial charge on any atom is -0.497 e. The van der Waals surface area contributed by atoms with Crippen LogP contribution in [0.2, 0.25) is 0 Å². The number of hydrogen-bond acceptors (Lipinski definition) is 2. The summed E-state index contributed by atoms with van der Waals surface area (Å²) in [5.41, 5.74) is 4.87. The Morgan fingerprint density at radius 1 is 0.914 bits per heavy atom. The SMILES string of the molecule is COc1ccc(Cn2cc([C@@H](CC(=O)NCC(C)C)[C@H](C)c3ccccc3)c3ccccc32)cc1. The molecule has 0 aliphatic carbocycles. The maximum atomic E-state index is 13.0. The Hall–Kier alpha value is -3.53. The van der Waals surface area contributed by atoms with Gasteiger partial charge in [-0.1, -0.05) is 81.4 Å². The van der Waals surface area contributed by atoms with Crippen LogP contribution in [0.5, 0.6) is 5.75 Å². The number of ether oxygens (including phenoxy) is 1. The highest BCUT2D eigenvalue weighted by Gasteiger charge is 2.27. The molecule has 4 rings (SSSR count). The van der Waals surface area contributed by atoms with E-state index in [2.05, 4.69) is 97.5 Å². The Kier molecular flexibility index (Phi) is 7.91. The normalized spacial score (nSPS) is 13.1. The van der Waals surface area contributed by atoms with Crippen LogP contribution in [0.15, 0.2) is 85.1 Å². The number of carbonyl (C=O) groups excluding carboxylic acids is 1. The van der Waals surface area contributed by atoms with Crippen LogP contribution in [0, 0.1) is 5.92 Å². The van der Waals surface area contributed by atoms with Crippen molar-refractivity contribution in [2.45, 2.75) is 45.6 Å². The summed E-state index contributed by atoms with van der Waals surface area (Å²) in [4.78, 5) is 13.0. The maximum absolute atomic E-state index is 13.0. The van der Waals surface area contributed by atoms with E-state index in [1.807, 2.05) is 18.2 Å². The highest BCUT2D eigenvalue weighted by atomic mass is 16.5. The van der Waals surface area contributed by atoms with E-state index in [0.29, 0.717) is 18.9 Å². The molecule has 0 radical (unpaired) electrons. The number of aromatic nitrogens is 1. The van der Waals surface area contributed by atoms with E-state index < -0.39 is 0 Å². The van der Waals surface area contributed by atoms with Crippen molar-refractivity contribution in [3.05, 3.63) is 102 Å². The fraction of sp³-hybridized carbons (Fsp3) is 0.323. The van der Waals surface area contributed by atoms with Crippen LogP contribution < -0.4 is 10.1 Å². The summed E-state index contributed by atoms with van der Waals surface area (Å²) in [5.74, 6) is 1.65. The molecule has 1 N–H and O–H groups in total. The first-order chi connectivity index (χ1) is 17.0. The van der Waals surface area contributed by atoms with Crippen LogP contribution in [0.4, 0.5) is 0 Å². The van der Waals surface area contributed by atoms with Crippen molar-refractivity contribution in [3.63, 3.8) is 0 Å². The first-order valence-corrected chi connectivity index (χ1v) is 12.5. The van der Waals surface area contributed by atoms with Gasteiger partial charge in [-0.15, -0.1) is 0 Å². The average molecular weight is 469 g/mol. The Labute approximate surface area is 208 Å². The molecule has 4 aromatic rings. The van der Waals surface area contributed by atoms with Gasteiger partial charge in [0, 0.05) is 42.5 Å². The number of methoxy groups -OCH3 is 1. The summed E-state index contributed by atoms with van der Waals surface area (Å²) < 4.78 is 7.63. The van der Waals surface area contributed by atoms with Gasteiger partial charge in [-0.3, -0.25) is 4.79 Å². The van der Waals surface area contributed by atoms with Gasteiger partial charge in [0.05, 0.1) is 7.11 Å². The molecule has 0 bridgehead atoms. The van der Waals surface area contributed by atoms with Crippen molar-refractivity contribution < 1.29 is 9.53 Å². The zero-order valence-electron chi connectivity index (χ0n) is 21.2. The second kappa shape index (κ2) is 11.3. The Bertz CT molecular complexity index is 1240. The van der Waals surface area contributed by atoms with Gasteiger partial charge in [-0.05, 0) is 46.7 Å². The molecule has 0 aliphatic rings. The van der Waals surface area contributed by atoms with E-state index >= 15 is 0 Å². The van der Waals surface area contributed by atoms with Crippen molar-refractivity contribution in [1.29, 1.82) is 0 Å². The van der Waals surface area contributed by atoms with Gasteiger partial charge in [0.2, 0.25) is 5.91 Å². The number of fused-ring (bicyclic) bond motifs is 1. The van der Waals surface area contributed by atoms with E-state index in [1.54, 1.807) is 7.11 Å². The lowest BCUT2D eigenvalue weighted by atomic mass is 9.80. The molecule has 35 heavy (non-hydrogen) atoms.